The molecular weight excluding hydrogens is 445 g/mol. The highest BCUT2D eigenvalue weighted by Gasteiger charge is 2.55. The molecule has 0 aromatic heterocycles. The molecule has 1 fully saturated rings. The third-order valence-corrected chi connectivity index (χ3v) is 7.10. The first kappa shape index (κ1) is 26.4. The lowest BCUT2D eigenvalue weighted by Crippen LogP contribution is -2.42. The maximum Gasteiger partial charge on any atom is 0.323 e. The molecule has 182 valence electrons. The van der Waals surface area contributed by atoms with E-state index in [1.54, 1.807) is 27.7 Å². The summed E-state index contributed by atoms with van der Waals surface area (Å²) < 4.78 is 58.8. The molecule has 3 N–H and O–H groups in total. The van der Waals surface area contributed by atoms with E-state index < -0.39 is 49.3 Å². The van der Waals surface area contributed by atoms with Gasteiger partial charge in [0.05, 0.1) is 18.8 Å². The van der Waals surface area contributed by atoms with Gasteiger partial charge in [-0.3, -0.25) is 9.36 Å². The van der Waals surface area contributed by atoms with Crippen LogP contribution >= 0.6 is 7.52 Å². The van der Waals surface area contributed by atoms with Gasteiger partial charge in [0.15, 0.2) is 24.1 Å². The summed E-state index contributed by atoms with van der Waals surface area (Å²) in [6, 6.07) is -0.870. The number of rotatable bonds is 9. The monoisotopic (exact) mass is 478 g/mol. The summed E-state index contributed by atoms with van der Waals surface area (Å²) in [7, 11) is -3.46. The lowest BCUT2D eigenvalue weighted by molar-refractivity contribution is -0.149. The van der Waals surface area contributed by atoms with Gasteiger partial charge >= 0.3 is 5.97 Å². The van der Waals surface area contributed by atoms with Gasteiger partial charge in [-0.1, -0.05) is 20.4 Å². The van der Waals surface area contributed by atoms with Crippen LogP contribution in [0, 0.1) is 5.41 Å². The average molecular weight is 478 g/mol. The lowest BCUT2D eigenvalue weighted by Gasteiger charge is -2.32. The van der Waals surface area contributed by atoms with Gasteiger partial charge in [-0.25, -0.2) is 18.9 Å². The van der Waals surface area contributed by atoms with Gasteiger partial charge in [-0.2, -0.15) is 0 Å². The first-order valence-electron chi connectivity index (χ1n) is 10.4. The van der Waals surface area contributed by atoms with Crippen molar-refractivity contribution in [3.05, 3.63) is 24.4 Å². The van der Waals surface area contributed by atoms with Crippen LogP contribution in [0.15, 0.2) is 29.4 Å². The van der Waals surface area contributed by atoms with Crippen molar-refractivity contribution in [1.82, 2.24) is 9.99 Å². The molecule has 1 saturated heterocycles. The number of hydrogen-bond acceptors (Lipinski definition) is 8. The predicted molar refractivity (Wildman–Crippen MR) is 117 cm³/mol. The zero-order valence-corrected chi connectivity index (χ0v) is 20.2. The molecule has 0 spiro atoms. The molecule has 2 unspecified atom stereocenters. The Morgan fingerprint density at radius 2 is 2.12 bits per heavy atom. The van der Waals surface area contributed by atoms with E-state index in [4.69, 9.17) is 19.7 Å². The van der Waals surface area contributed by atoms with Gasteiger partial charge in [0.1, 0.15) is 11.9 Å². The smallest absolute Gasteiger partial charge is 0.323 e. The van der Waals surface area contributed by atoms with Gasteiger partial charge in [0.25, 0.3) is 7.52 Å². The highest BCUT2D eigenvalue weighted by Crippen LogP contribution is 2.48. The van der Waals surface area contributed by atoms with Crippen LogP contribution in [-0.2, 0) is 23.4 Å². The normalized spacial score (nSPS) is 31.2. The Bertz CT molecular complexity index is 852. The first-order chi connectivity index (χ1) is 14.7. The van der Waals surface area contributed by atoms with Gasteiger partial charge in [-0.05, 0) is 27.2 Å². The van der Waals surface area contributed by atoms with Crippen molar-refractivity contribution in [2.45, 2.75) is 71.7 Å². The third kappa shape index (κ3) is 5.75. The quantitative estimate of drug-likeness (QED) is 0.384. The second-order valence-corrected chi connectivity index (χ2v) is 10.8. The number of amidine groups is 1. The molecule has 9 nitrogen and oxygen atoms in total. The molecule has 2 rings (SSSR count). The summed E-state index contributed by atoms with van der Waals surface area (Å²) >= 11 is 0. The number of halogens is 2. The zero-order chi connectivity index (χ0) is 24.4. The SMILES string of the molecule is C=C1N=C(N)C(F)=CN1[C@@H]1O[C@H](COP(C)(=O)N[C@@H](C)C(=O)OC(C)C)C(C)(CC)[C@H]1F. The third-order valence-electron chi connectivity index (χ3n) is 5.61. The molecule has 6 atom stereocenters. The van der Waals surface area contributed by atoms with Crippen LogP contribution in [0.5, 0.6) is 0 Å². The molecule has 2 aliphatic heterocycles. The van der Waals surface area contributed by atoms with Gasteiger partial charge in [0, 0.05) is 18.3 Å². The van der Waals surface area contributed by atoms with E-state index in [1.807, 2.05) is 0 Å². The van der Waals surface area contributed by atoms with Crippen LogP contribution in [0.3, 0.4) is 0 Å². The fourth-order valence-electron chi connectivity index (χ4n) is 3.47. The minimum absolute atomic E-state index is 0.0388. The number of carbonyl (C=O) groups is 1. The summed E-state index contributed by atoms with van der Waals surface area (Å²) in [5.41, 5.74) is 4.42. The van der Waals surface area contributed by atoms with E-state index >= 15 is 4.39 Å². The minimum Gasteiger partial charge on any atom is -0.462 e. The number of nitrogens with zero attached hydrogens (tertiary/aromatic N) is 2. The number of esters is 1. The summed E-state index contributed by atoms with van der Waals surface area (Å²) in [6.45, 7) is 13.2. The van der Waals surface area contributed by atoms with Crippen LogP contribution in [0.2, 0.25) is 0 Å². The summed E-state index contributed by atoms with van der Waals surface area (Å²) in [6.07, 6.45) is -2.53. The van der Waals surface area contributed by atoms with E-state index in [0.29, 0.717) is 6.42 Å². The Morgan fingerprint density at radius 1 is 1.50 bits per heavy atom. The van der Waals surface area contributed by atoms with Crippen molar-refractivity contribution in [3.63, 3.8) is 0 Å². The first-order valence-corrected chi connectivity index (χ1v) is 12.5. The molecule has 0 amide bonds. The number of aliphatic imine (C=N–C) groups is 1. The minimum atomic E-state index is -3.46. The molecule has 0 aromatic rings. The number of carbonyl (C=O) groups excluding carboxylic acids is 1. The van der Waals surface area contributed by atoms with Crippen LogP contribution in [0.25, 0.3) is 0 Å². The Morgan fingerprint density at radius 3 is 2.69 bits per heavy atom. The molecule has 12 heteroatoms. The molecular formula is C20H33F2N4O5P. The average Bonchev–Trinajstić information content (AvgIpc) is 2.93. The molecule has 2 heterocycles. The summed E-state index contributed by atoms with van der Waals surface area (Å²) in [5, 5.41) is 2.63. The number of ether oxygens (including phenoxy) is 2. The van der Waals surface area contributed by atoms with Crippen molar-refractivity contribution in [1.29, 1.82) is 0 Å². The van der Waals surface area contributed by atoms with E-state index in [-0.39, 0.29) is 24.4 Å². The Labute approximate surface area is 187 Å². The van der Waals surface area contributed by atoms with Crippen LogP contribution in [-0.4, -0.2) is 60.6 Å². The number of hydrogen-bond donors (Lipinski definition) is 2. The Kier molecular flexibility index (Phi) is 8.25. The number of alkyl halides is 1. The predicted octanol–water partition coefficient (Wildman–Crippen LogP) is 3.19. The molecule has 0 bridgehead atoms. The maximum absolute atomic E-state index is 15.5. The molecule has 32 heavy (non-hydrogen) atoms. The van der Waals surface area contributed by atoms with Crippen molar-refractivity contribution in [3.8, 4) is 0 Å². The Balaban J connectivity index is 2.10. The maximum atomic E-state index is 15.5. The largest absolute Gasteiger partial charge is 0.462 e. The van der Waals surface area contributed by atoms with Crippen molar-refractivity contribution < 1.29 is 32.1 Å². The molecule has 0 aromatic carbocycles. The van der Waals surface area contributed by atoms with Crippen molar-refractivity contribution in [2.24, 2.45) is 16.1 Å². The van der Waals surface area contributed by atoms with Crippen LogP contribution < -0.4 is 10.8 Å². The summed E-state index contributed by atoms with van der Waals surface area (Å²) in [5.74, 6) is -1.70. The zero-order valence-electron chi connectivity index (χ0n) is 19.3. The highest BCUT2D eigenvalue weighted by atomic mass is 31.2. The van der Waals surface area contributed by atoms with Crippen molar-refractivity contribution >= 4 is 19.3 Å². The highest BCUT2D eigenvalue weighted by molar-refractivity contribution is 7.56. The Hall–Kier alpha value is -1.81. The second-order valence-electron chi connectivity index (χ2n) is 8.55. The van der Waals surface area contributed by atoms with Crippen molar-refractivity contribution in [2.75, 3.05) is 13.3 Å². The van der Waals surface area contributed by atoms with E-state index in [2.05, 4.69) is 16.7 Å². The molecule has 2 aliphatic rings. The van der Waals surface area contributed by atoms with Gasteiger partial charge < -0.3 is 24.6 Å². The van der Waals surface area contributed by atoms with Gasteiger partial charge in [0.2, 0.25) is 0 Å². The van der Waals surface area contributed by atoms with Crippen LogP contribution in [0.1, 0.15) is 41.0 Å². The second kappa shape index (κ2) is 9.99. The molecule has 0 radical (unpaired) electrons. The topological polar surface area (TPSA) is 115 Å². The fraction of sp³-hybridized carbons (Fsp3) is 0.700. The lowest BCUT2D eigenvalue weighted by atomic mass is 9.79. The molecule has 0 saturated carbocycles. The van der Waals surface area contributed by atoms with Crippen LogP contribution in [0.4, 0.5) is 8.78 Å². The van der Waals surface area contributed by atoms with E-state index in [0.717, 1.165) is 11.1 Å². The fourth-order valence-corrected chi connectivity index (χ4v) is 4.78. The number of nitrogens with two attached hydrogens (primary N) is 1. The molecule has 0 aliphatic carbocycles. The van der Waals surface area contributed by atoms with E-state index in [9.17, 15) is 13.8 Å². The standard InChI is InChI=1S/C20H33F2N4O5P/c1-8-20(6)15(10-29-32(7,28)25-12(4)19(27)30-11(2)3)31-18(16(20)22)26-9-14(21)17(23)24-13(26)5/h9,11-12,15-16,18H,5,8,10H2,1-4,6-7H3,(H2,23,24)(H,25,28)/t12-,15+,16-,18+,20?,32?/m0/s1. The van der Waals surface area contributed by atoms with E-state index in [1.165, 1.54) is 13.6 Å². The number of nitrogens with one attached hydrogen (secondary N) is 1. The summed E-state index contributed by atoms with van der Waals surface area (Å²) in [4.78, 5) is 16.9. The van der Waals surface area contributed by atoms with Gasteiger partial charge in [-0.15, -0.1) is 0 Å².